The van der Waals surface area contributed by atoms with Crippen LogP contribution in [0.1, 0.15) is 39.0 Å². The number of furan rings is 1. The van der Waals surface area contributed by atoms with Gasteiger partial charge in [0, 0.05) is 5.56 Å². The fourth-order valence-electron chi connectivity index (χ4n) is 6.64. The summed E-state index contributed by atoms with van der Waals surface area (Å²) in [5, 5.41) is 0. The Hall–Kier alpha value is -6.19. The Morgan fingerprint density at radius 1 is 0.720 bits per heavy atom. The SMILES string of the molecule is COC(=O)c1ccc(-c2ccc(N(C(c3cnc[nH]3)C(c3ccccc3)(c3ccccc3)c3ccccc3)S(=O)(=O)c3ccccc3)cc2)o1. The number of ether oxygens (including phenoxy) is 1. The predicted molar refractivity (Wildman–Crippen MR) is 192 cm³/mol. The van der Waals surface area contributed by atoms with Gasteiger partial charge in [0.25, 0.3) is 10.0 Å². The van der Waals surface area contributed by atoms with Crippen LogP contribution in [-0.2, 0) is 20.2 Å². The van der Waals surface area contributed by atoms with Crippen LogP contribution in [0, 0.1) is 0 Å². The Balaban J connectivity index is 1.54. The zero-order valence-corrected chi connectivity index (χ0v) is 27.9. The van der Waals surface area contributed by atoms with E-state index in [4.69, 9.17) is 9.15 Å². The molecule has 2 aromatic heterocycles. The Kier molecular flexibility index (Phi) is 8.89. The third-order valence-electron chi connectivity index (χ3n) is 8.84. The summed E-state index contributed by atoms with van der Waals surface area (Å²) in [4.78, 5) is 19.9. The maximum atomic E-state index is 15.3. The Labute approximate surface area is 290 Å². The van der Waals surface area contributed by atoms with E-state index in [2.05, 4.69) is 9.97 Å². The molecule has 8 nitrogen and oxygen atoms in total. The lowest BCUT2D eigenvalue weighted by molar-refractivity contribution is 0.0566. The van der Waals surface area contributed by atoms with Crippen LogP contribution in [0.5, 0.6) is 0 Å². The van der Waals surface area contributed by atoms with Crippen molar-refractivity contribution >= 4 is 21.7 Å². The molecule has 7 rings (SSSR count). The number of carbonyl (C=O) groups excluding carboxylic acids is 1. The molecule has 0 saturated carbocycles. The van der Waals surface area contributed by atoms with Crippen LogP contribution >= 0.6 is 0 Å². The number of methoxy groups -OCH3 is 1. The lowest BCUT2D eigenvalue weighted by Crippen LogP contribution is -2.48. The van der Waals surface area contributed by atoms with Gasteiger partial charge < -0.3 is 14.1 Å². The van der Waals surface area contributed by atoms with Gasteiger partial charge in [-0.05, 0) is 65.2 Å². The average Bonchev–Trinajstić information content (AvgIpc) is 3.90. The summed E-state index contributed by atoms with van der Waals surface area (Å²) in [7, 11) is -2.98. The Bertz CT molecular complexity index is 2180. The second-order valence-corrected chi connectivity index (χ2v) is 13.4. The smallest absolute Gasteiger partial charge is 0.373 e. The minimum absolute atomic E-state index is 0.0672. The summed E-state index contributed by atoms with van der Waals surface area (Å²) >= 11 is 0. The third kappa shape index (κ3) is 5.77. The van der Waals surface area contributed by atoms with E-state index in [9.17, 15) is 4.79 Å². The van der Waals surface area contributed by atoms with E-state index in [1.54, 1.807) is 79.3 Å². The number of hydrogen-bond donors (Lipinski definition) is 1. The van der Waals surface area contributed by atoms with E-state index in [1.807, 2.05) is 91.0 Å². The van der Waals surface area contributed by atoms with Crippen molar-refractivity contribution in [2.24, 2.45) is 0 Å². The molecule has 0 spiro atoms. The molecule has 1 unspecified atom stereocenters. The topological polar surface area (TPSA) is 105 Å². The van der Waals surface area contributed by atoms with Crippen LogP contribution in [-0.4, -0.2) is 31.5 Å². The first-order chi connectivity index (χ1) is 24.4. The van der Waals surface area contributed by atoms with Gasteiger partial charge in [0.1, 0.15) is 11.8 Å². The van der Waals surface area contributed by atoms with Crippen molar-refractivity contribution in [3.63, 3.8) is 0 Å². The molecule has 0 radical (unpaired) electrons. The lowest BCUT2D eigenvalue weighted by atomic mass is 9.63. The predicted octanol–water partition coefficient (Wildman–Crippen LogP) is 8.43. The zero-order valence-electron chi connectivity index (χ0n) is 27.1. The normalized spacial score (nSPS) is 12.3. The molecule has 5 aromatic carbocycles. The highest BCUT2D eigenvalue weighted by Crippen LogP contribution is 2.53. The molecule has 50 heavy (non-hydrogen) atoms. The first kappa shape index (κ1) is 32.4. The summed E-state index contributed by atoms with van der Waals surface area (Å²) in [6, 6.07) is 47.7. The van der Waals surface area contributed by atoms with Crippen LogP contribution in [0.4, 0.5) is 5.69 Å². The fourth-order valence-corrected chi connectivity index (χ4v) is 8.31. The molecule has 0 aliphatic rings. The van der Waals surface area contributed by atoms with Crippen LogP contribution in [0.15, 0.2) is 180 Å². The minimum Gasteiger partial charge on any atom is -0.463 e. The number of rotatable bonds is 11. The second-order valence-electron chi connectivity index (χ2n) is 11.6. The van der Waals surface area contributed by atoms with Crippen LogP contribution in [0.3, 0.4) is 0 Å². The number of aromatic amines is 1. The number of benzene rings is 5. The van der Waals surface area contributed by atoms with E-state index in [0.29, 0.717) is 22.7 Å². The van der Waals surface area contributed by atoms with Gasteiger partial charge in [-0.25, -0.2) is 18.2 Å². The van der Waals surface area contributed by atoms with Crippen molar-refractivity contribution in [1.29, 1.82) is 0 Å². The largest absolute Gasteiger partial charge is 0.463 e. The molecule has 0 amide bonds. The molecule has 9 heteroatoms. The van der Waals surface area contributed by atoms with Gasteiger partial charge in [0.2, 0.25) is 5.76 Å². The number of nitrogens with one attached hydrogen (secondary N) is 1. The molecule has 2 heterocycles. The van der Waals surface area contributed by atoms with Crippen molar-refractivity contribution in [3.05, 3.63) is 198 Å². The number of anilines is 1. The number of carbonyl (C=O) groups is 1. The van der Waals surface area contributed by atoms with Crippen molar-refractivity contribution in [2.45, 2.75) is 16.4 Å². The Morgan fingerprint density at radius 3 is 1.72 bits per heavy atom. The summed E-state index contributed by atoms with van der Waals surface area (Å²) in [6.07, 6.45) is 3.26. The van der Waals surface area contributed by atoms with Gasteiger partial charge in [0.15, 0.2) is 0 Å². The van der Waals surface area contributed by atoms with Crippen LogP contribution < -0.4 is 4.31 Å². The molecule has 0 saturated heterocycles. The van der Waals surface area contributed by atoms with Crippen molar-refractivity contribution in [2.75, 3.05) is 11.4 Å². The summed E-state index contributed by atoms with van der Waals surface area (Å²) in [5.74, 6) is -0.0845. The van der Waals surface area contributed by atoms with Gasteiger partial charge in [-0.3, -0.25) is 4.31 Å². The van der Waals surface area contributed by atoms with Crippen molar-refractivity contribution in [1.82, 2.24) is 9.97 Å². The fraction of sp³-hybridized carbons (Fsp3) is 0.0732. The number of H-pyrrole nitrogens is 1. The van der Waals surface area contributed by atoms with E-state index in [0.717, 1.165) is 16.7 Å². The van der Waals surface area contributed by atoms with Crippen molar-refractivity contribution < 1.29 is 22.4 Å². The van der Waals surface area contributed by atoms with Gasteiger partial charge in [-0.15, -0.1) is 0 Å². The third-order valence-corrected chi connectivity index (χ3v) is 10.7. The van der Waals surface area contributed by atoms with Gasteiger partial charge in [-0.1, -0.05) is 109 Å². The maximum absolute atomic E-state index is 15.3. The number of hydrogen-bond acceptors (Lipinski definition) is 6. The summed E-state index contributed by atoms with van der Waals surface area (Å²) < 4.78 is 42.7. The number of imidazole rings is 1. The van der Waals surface area contributed by atoms with Crippen molar-refractivity contribution in [3.8, 4) is 11.3 Å². The van der Waals surface area contributed by atoms with E-state index in [1.165, 1.54) is 11.4 Å². The molecular weight excluding hydrogens is 647 g/mol. The first-order valence-electron chi connectivity index (χ1n) is 16.0. The molecule has 1 N–H and O–H groups in total. The zero-order chi connectivity index (χ0) is 34.6. The standard InChI is InChI=1S/C41H33N3O5S/c1-48-40(45)38-27-26-37(49-38)30-22-24-34(25-23-30)44(50(46,47)35-20-12-5-13-21-35)39(36-28-42-29-43-36)41(31-14-6-2-7-15-31,32-16-8-3-9-17-32)33-18-10-4-11-19-33/h2-29,39H,1H3,(H,42,43). The molecule has 1 atom stereocenters. The summed E-state index contributed by atoms with van der Waals surface area (Å²) in [5.41, 5.74) is 3.18. The lowest BCUT2D eigenvalue weighted by Gasteiger charge is -2.47. The molecule has 7 aromatic rings. The van der Waals surface area contributed by atoms with Crippen LogP contribution in [0.2, 0.25) is 0 Å². The molecule has 248 valence electrons. The molecule has 0 fully saturated rings. The van der Waals surface area contributed by atoms with E-state index < -0.39 is 27.4 Å². The van der Waals surface area contributed by atoms with E-state index >= 15 is 8.42 Å². The maximum Gasteiger partial charge on any atom is 0.373 e. The molecular formula is C41H33N3O5S. The van der Waals surface area contributed by atoms with Crippen LogP contribution in [0.25, 0.3) is 11.3 Å². The first-order valence-corrected chi connectivity index (χ1v) is 17.4. The number of sulfonamides is 1. The number of esters is 1. The van der Waals surface area contributed by atoms with Gasteiger partial charge in [0.05, 0.1) is 41.3 Å². The molecule has 0 aliphatic carbocycles. The quantitative estimate of drug-likeness (QED) is 0.109. The average molecular weight is 680 g/mol. The second kappa shape index (κ2) is 13.7. The highest BCUT2D eigenvalue weighted by molar-refractivity contribution is 7.92. The highest BCUT2D eigenvalue weighted by atomic mass is 32.2. The van der Waals surface area contributed by atoms with Gasteiger partial charge in [-0.2, -0.15) is 0 Å². The monoisotopic (exact) mass is 679 g/mol. The number of nitrogens with zero attached hydrogens (tertiary/aromatic N) is 2. The molecule has 0 bridgehead atoms. The Morgan fingerprint density at radius 2 is 1.24 bits per heavy atom. The van der Waals surface area contributed by atoms with Gasteiger partial charge >= 0.3 is 5.97 Å². The minimum atomic E-state index is -4.27. The molecule has 0 aliphatic heterocycles. The summed E-state index contributed by atoms with van der Waals surface area (Å²) in [6.45, 7) is 0. The number of aromatic nitrogens is 2. The van der Waals surface area contributed by atoms with E-state index in [-0.39, 0.29) is 10.7 Å². The highest BCUT2D eigenvalue weighted by Gasteiger charge is 2.51.